The molecule has 3 rings (SSSR count). The van der Waals surface area contributed by atoms with E-state index in [0.29, 0.717) is 5.39 Å². The van der Waals surface area contributed by atoms with Crippen molar-refractivity contribution in [1.29, 1.82) is 0 Å². The van der Waals surface area contributed by atoms with Gasteiger partial charge in [-0.05, 0) is 42.1 Å². The Hall–Kier alpha value is -2.13. The summed E-state index contributed by atoms with van der Waals surface area (Å²) >= 11 is 0. The molecular weight excluding hydrogens is 265 g/mol. The maximum atomic E-state index is 14.0. The van der Waals surface area contributed by atoms with Crippen LogP contribution in [-0.4, -0.2) is 6.54 Å². The molecular formula is C18H18FNO. The zero-order valence-electron chi connectivity index (χ0n) is 12.2. The molecule has 3 heteroatoms. The van der Waals surface area contributed by atoms with Crippen molar-refractivity contribution in [2.24, 2.45) is 0 Å². The normalized spacial score (nSPS) is 12.7. The fourth-order valence-corrected chi connectivity index (χ4v) is 2.77. The Morgan fingerprint density at radius 2 is 1.86 bits per heavy atom. The Balaban J connectivity index is 2.21. The summed E-state index contributed by atoms with van der Waals surface area (Å²) in [6.45, 7) is 4.88. The van der Waals surface area contributed by atoms with Crippen molar-refractivity contribution in [3.8, 4) is 0 Å². The summed E-state index contributed by atoms with van der Waals surface area (Å²) in [6.07, 6.45) is 1.70. The van der Waals surface area contributed by atoms with Gasteiger partial charge in [-0.1, -0.05) is 37.3 Å². The van der Waals surface area contributed by atoms with Crippen LogP contribution in [0.25, 0.3) is 10.8 Å². The summed E-state index contributed by atoms with van der Waals surface area (Å²) in [5.41, 5.74) is 2.13. The van der Waals surface area contributed by atoms with Gasteiger partial charge in [0, 0.05) is 5.39 Å². The molecule has 1 heterocycles. The van der Waals surface area contributed by atoms with Crippen molar-refractivity contribution in [2.75, 3.05) is 6.54 Å². The summed E-state index contributed by atoms with van der Waals surface area (Å²) in [5, 5.41) is 4.99. The first-order valence-electron chi connectivity index (χ1n) is 7.17. The first kappa shape index (κ1) is 13.8. The van der Waals surface area contributed by atoms with E-state index >= 15 is 0 Å². The number of rotatable bonds is 4. The van der Waals surface area contributed by atoms with Crippen LogP contribution in [0.5, 0.6) is 0 Å². The second-order valence-corrected chi connectivity index (χ2v) is 5.14. The van der Waals surface area contributed by atoms with Gasteiger partial charge in [0.25, 0.3) is 0 Å². The molecule has 2 aromatic carbocycles. The number of nitrogens with one attached hydrogen (secondary N) is 1. The molecule has 0 radical (unpaired) electrons. The lowest BCUT2D eigenvalue weighted by Gasteiger charge is -2.19. The van der Waals surface area contributed by atoms with Gasteiger partial charge in [-0.15, -0.1) is 0 Å². The van der Waals surface area contributed by atoms with Crippen LogP contribution >= 0.6 is 0 Å². The maximum absolute atomic E-state index is 14.0. The quantitative estimate of drug-likeness (QED) is 0.758. The van der Waals surface area contributed by atoms with E-state index in [2.05, 4.69) is 12.2 Å². The van der Waals surface area contributed by atoms with E-state index in [0.717, 1.165) is 28.8 Å². The summed E-state index contributed by atoms with van der Waals surface area (Å²) < 4.78 is 19.6. The van der Waals surface area contributed by atoms with Crippen LogP contribution in [0, 0.1) is 12.7 Å². The second-order valence-electron chi connectivity index (χ2n) is 5.14. The van der Waals surface area contributed by atoms with Crippen LogP contribution in [-0.2, 0) is 0 Å². The third-order valence-corrected chi connectivity index (χ3v) is 3.79. The number of furan rings is 1. The summed E-state index contributed by atoms with van der Waals surface area (Å²) in [6, 6.07) is 12.8. The molecule has 108 valence electrons. The Morgan fingerprint density at radius 3 is 2.52 bits per heavy atom. The zero-order valence-corrected chi connectivity index (χ0v) is 12.2. The van der Waals surface area contributed by atoms with Crippen LogP contribution in [0.2, 0.25) is 0 Å². The van der Waals surface area contributed by atoms with Gasteiger partial charge in [0.1, 0.15) is 11.6 Å². The molecule has 3 aromatic rings. The van der Waals surface area contributed by atoms with E-state index in [1.807, 2.05) is 43.3 Å². The predicted octanol–water partition coefficient (Wildman–Crippen LogP) is 4.58. The van der Waals surface area contributed by atoms with Gasteiger partial charge in [-0.25, -0.2) is 4.39 Å². The molecule has 1 N–H and O–H groups in total. The largest absolute Gasteiger partial charge is 0.467 e. The molecule has 0 aliphatic rings. The molecule has 2 nitrogen and oxygen atoms in total. The van der Waals surface area contributed by atoms with E-state index < -0.39 is 0 Å². The average molecular weight is 283 g/mol. The lowest BCUT2D eigenvalue weighted by molar-refractivity contribution is 0.450. The topological polar surface area (TPSA) is 25.2 Å². The van der Waals surface area contributed by atoms with Crippen molar-refractivity contribution >= 4 is 10.8 Å². The molecule has 0 saturated carbocycles. The van der Waals surface area contributed by atoms with Crippen LogP contribution < -0.4 is 5.32 Å². The Kier molecular flexibility index (Phi) is 3.76. The first-order chi connectivity index (χ1) is 10.2. The molecule has 1 aromatic heterocycles. The van der Waals surface area contributed by atoms with Crippen LogP contribution in [0.4, 0.5) is 4.39 Å². The molecule has 0 amide bonds. The Labute approximate surface area is 123 Å². The summed E-state index contributed by atoms with van der Waals surface area (Å²) in [7, 11) is 0. The van der Waals surface area contributed by atoms with Crippen LogP contribution in [0.3, 0.4) is 0 Å². The van der Waals surface area contributed by atoms with Crippen LogP contribution in [0.1, 0.15) is 29.9 Å². The number of halogens is 1. The Morgan fingerprint density at radius 1 is 1.10 bits per heavy atom. The van der Waals surface area contributed by atoms with Crippen LogP contribution in [0.15, 0.2) is 53.1 Å². The maximum Gasteiger partial charge on any atom is 0.131 e. The molecule has 0 aliphatic carbocycles. The van der Waals surface area contributed by atoms with Gasteiger partial charge in [-0.3, -0.25) is 0 Å². The minimum absolute atomic E-state index is 0.0736. The third kappa shape index (κ3) is 2.45. The summed E-state index contributed by atoms with van der Waals surface area (Å²) in [4.78, 5) is 0. The smallest absolute Gasteiger partial charge is 0.131 e. The van der Waals surface area contributed by atoms with Crippen molar-refractivity contribution < 1.29 is 8.81 Å². The SMILES string of the molecule is CCNC(c1occc1C)c1ccc(F)c2ccccc12. The lowest BCUT2D eigenvalue weighted by atomic mass is 9.95. The van der Waals surface area contributed by atoms with E-state index in [-0.39, 0.29) is 11.9 Å². The van der Waals surface area contributed by atoms with Gasteiger partial charge < -0.3 is 9.73 Å². The molecule has 1 atom stereocenters. The van der Waals surface area contributed by atoms with Gasteiger partial charge in [0.05, 0.1) is 12.3 Å². The summed E-state index contributed by atoms with van der Waals surface area (Å²) in [5.74, 6) is 0.689. The number of hydrogen-bond donors (Lipinski definition) is 1. The van der Waals surface area contributed by atoms with Gasteiger partial charge in [-0.2, -0.15) is 0 Å². The van der Waals surface area contributed by atoms with Crippen molar-refractivity contribution in [3.05, 3.63) is 71.4 Å². The monoisotopic (exact) mass is 283 g/mol. The third-order valence-electron chi connectivity index (χ3n) is 3.79. The van der Waals surface area contributed by atoms with Gasteiger partial charge in [0.2, 0.25) is 0 Å². The first-order valence-corrected chi connectivity index (χ1v) is 7.17. The molecule has 0 saturated heterocycles. The van der Waals surface area contributed by atoms with E-state index in [9.17, 15) is 4.39 Å². The molecule has 1 unspecified atom stereocenters. The average Bonchev–Trinajstić information content (AvgIpc) is 2.92. The second kappa shape index (κ2) is 5.70. The van der Waals surface area contributed by atoms with E-state index in [1.165, 1.54) is 6.07 Å². The molecule has 21 heavy (non-hydrogen) atoms. The molecule has 0 fully saturated rings. The zero-order chi connectivity index (χ0) is 14.8. The number of benzene rings is 2. The standard InChI is InChI=1S/C18H18FNO/c1-3-20-17(18-12(2)10-11-21-18)15-8-9-16(19)14-7-5-4-6-13(14)15/h4-11,17,20H,3H2,1-2H3. The van der Waals surface area contributed by atoms with Crippen molar-refractivity contribution in [1.82, 2.24) is 5.32 Å². The highest BCUT2D eigenvalue weighted by Crippen LogP contribution is 2.32. The minimum atomic E-state index is -0.194. The predicted molar refractivity (Wildman–Crippen MR) is 82.9 cm³/mol. The van der Waals surface area contributed by atoms with Gasteiger partial charge >= 0.3 is 0 Å². The van der Waals surface area contributed by atoms with Crippen molar-refractivity contribution in [3.63, 3.8) is 0 Å². The highest BCUT2D eigenvalue weighted by atomic mass is 19.1. The van der Waals surface area contributed by atoms with Crippen molar-refractivity contribution in [2.45, 2.75) is 19.9 Å². The fourth-order valence-electron chi connectivity index (χ4n) is 2.77. The number of hydrogen-bond acceptors (Lipinski definition) is 2. The highest BCUT2D eigenvalue weighted by molar-refractivity contribution is 5.87. The van der Waals surface area contributed by atoms with Gasteiger partial charge in [0.15, 0.2) is 0 Å². The lowest BCUT2D eigenvalue weighted by Crippen LogP contribution is -2.22. The van der Waals surface area contributed by atoms with E-state index in [4.69, 9.17) is 4.42 Å². The minimum Gasteiger partial charge on any atom is -0.467 e. The molecule has 0 spiro atoms. The molecule has 0 aliphatic heterocycles. The number of aryl methyl sites for hydroxylation is 1. The fraction of sp³-hybridized carbons (Fsp3) is 0.222. The molecule has 0 bridgehead atoms. The number of fused-ring (bicyclic) bond motifs is 1. The highest BCUT2D eigenvalue weighted by Gasteiger charge is 2.21. The van der Waals surface area contributed by atoms with E-state index in [1.54, 1.807) is 6.26 Å². The Bertz CT molecular complexity index is 763.